The van der Waals surface area contributed by atoms with Gasteiger partial charge < -0.3 is 10.5 Å². The summed E-state index contributed by atoms with van der Waals surface area (Å²) in [5, 5.41) is 0.652. The van der Waals surface area contributed by atoms with Crippen LogP contribution in [0.15, 0.2) is 42.5 Å². The molecule has 0 atom stereocenters. The minimum absolute atomic E-state index is 0.442. The number of hydrogen-bond donors (Lipinski definition) is 1. The molecule has 0 spiro atoms. The molecule has 0 saturated carbocycles. The Kier molecular flexibility index (Phi) is 4.24. The molecule has 2 nitrogen and oxygen atoms in total. The van der Waals surface area contributed by atoms with E-state index in [1.54, 1.807) is 6.07 Å². The molecule has 18 heavy (non-hydrogen) atoms. The average molecular weight is 262 g/mol. The zero-order valence-electron chi connectivity index (χ0n) is 10.3. The number of nitrogens with two attached hydrogens (primary N) is 1. The molecule has 0 unspecified atom stereocenters. The van der Waals surface area contributed by atoms with Crippen LogP contribution in [0.25, 0.3) is 0 Å². The Morgan fingerprint density at radius 3 is 2.44 bits per heavy atom. The standard InChI is InChI=1S/C15H16ClNO/c1-11-2-4-12(5-3-11)10-18-14-7-6-13(9-17)15(16)8-14/h2-8H,9-10,17H2,1H3. The van der Waals surface area contributed by atoms with Crippen LogP contribution in [-0.2, 0) is 13.2 Å². The predicted molar refractivity (Wildman–Crippen MR) is 74.9 cm³/mol. The fourth-order valence-corrected chi connectivity index (χ4v) is 1.88. The van der Waals surface area contributed by atoms with Crippen molar-refractivity contribution in [1.82, 2.24) is 0 Å². The first-order valence-corrected chi connectivity index (χ1v) is 6.23. The summed E-state index contributed by atoms with van der Waals surface area (Å²) in [6.45, 7) is 3.05. The summed E-state index contributed by atoms with van der Waals surface area (Å²) >= 11 is 6.07. The van der Waals surface area contributed by atoms with Crippen LogP contribution in [0.5, 0.6) is 5.75 Å². The van der Waals surface area contributed by atoms with Crippen molar-refractivity contribution in [3.05, 3.63) is 64.2 Å². The van der Waals surface area contributed by atoms with Crippen LogP contribution in [0, 0.1) is 6.92 Å². The van der Waals surface area contributed by atoms with E-state index in [-0.39, 0.29) is 0 Å². The van der Waals surface area contributed by atoms with Gasteiger partial charge in [0.1, 0.15) is 12.4 Å². The van der Waals surface area contributed by atoms with Gasteiger partial charge in [-0.2, -0.15) is 0 Å². The normalized spacial score (nSPS) is 10.4. The number of aryl methyl sites for hydroxylation is 1. The average Bonchev–Trinajstić information content (AvgIpc) is 2.38. The van der Waals surface area contributed by atoms with Crippen molar-refractivity contribution in [1.29, 1.82) is 0 Å². The second kappa shape index (κ2) is 5.89. The fourth-order valence-electron chi connectivity index (χ4n) is 1.63. The highest BCUT2D eigenvalue weighted by molar-refractivity contribution is 6.31. The Labute approximate surface area is 112 Å². The van der Waals surface area contributed by atoms with Gasteiger partial charge in [0.25, 0.3) is 0 Å². The van der Waals surface area contributed by atoms with Crippen molar-refractivity contribution in [3.8, 4) is 5.75 Å². The van der Waals surface area contributed by atoms with Crippen LogP contribution in [0.4, 0.5) is 0 Å². The molecule has 0 amide bonds. The van der Waals surface area contributed by atoms with E-state index in [4.69, 9.17) is 22.1 Å². The van der Waals surface area contributed by atoms with Gasteiger partial charge in [0.15, 0.2) is 0 Å². The zero-order chi connectivity index (χ0) is 13.0. The van der Waals surface area contributed by atoms with Crippen molar-refractivity contribution in [2.75, 3.05) is 0 Å². The van der Waals surface area contributed by atoms with Crippen molar-refractivity contribution >= 4 is 11.6 Å². The van der Waals surface area contributed by atoms with Crippen LogP contribution < -0.4 is 10.5 Å². The number of ether oxygens (including phenoxy) is 1. The van der Waals surface area contributed by atoms with Gasteiger partial charge in [-0.25, -0.2) is 0 Å². The second-order valence-corrected chi connectivity index (χ2v) is 4.64. The van der Waals surface area contributed by atoms with Gasteiger partial charge in [-0.1, -0.05) is 47.5 Å². The maximum Gasteiger partial charge on any atom is 0.121 e. The van der Waals surface area contributed by atoms with E-state index in [2.05, 4.69) is 31.2 Å². The molecule has 0 aliphatic heterocycles. The Bertz CT molecular complexity index is 523. The van der Waals surface area contributed by atoms with E-state index in [9.17, 15) is 0 Å². The van der Waals surface area contributed by atoms with Gasteiger partial charge in [-0.15, -0.1) is 0 Å². The van der Waals surface area contributed by atoms with Crippen LogP contribution in [-0.4, -0.2) is 0 Å². The zero-order valence-corrected chi connectivity index (χ0v) is 11.1. The summed E-state index contributed by atoms with van der Waals surface area (Å²) in [4.78, 5) is 0. The Morgan fingerprint density at radius 2 is 1.83 bits per heavy atom. The molecule has 0 saturated heterocycles. The number of benzene rings is 2. The van der Waals surface area contributed by atoms with Gasteiger partial charge in [-0.3, -0.25) is 0 Å². The molecule has 0 aliphatic rings. The number of hydrogen-bond acceptors (Lipinski definition) is 2. The van der Waals surface area contributed by atoms with Gasteiger partial charge in [0.2, 0.25) is 0 Å². The molecule has 2 aromatic rings. The topological polar surface area (TPSA) is 35.2 Å². The molecule has 0 aromatic heterocycles. The summed E-state index contributed by atoms with van der Waals surface area (Å²) in [6, 6.07) is 13.9. The van der Waals surface area contributed by atoms with E-state index >= 15 is 0 Å². The second-order valence-electron chi connectivity index (χ2n) is 4.23. The molecule has 2 rings (SSSR count). The lowest BCUT2D eigenvalue weighted by atomic mass is 10.2. The molecule has 0 heterocycles. The largest absolute Gasteiger partial charge is 0.489 e. The Balaban J connectivity index is 2.02. The number of rotatable bonds is 4. The first-order valence-electron chi connectivity index (χ1n) is 5.86. The summed E-state index contributed by atoms with van der Waals surface area (Å²) in [6.07, 6.45) is 0. The highest BCUT2D eigenvalue weighted by Gasteiger charge is 2.01. The third-order valence-corrected chi connectivity index (χ3v) is 3.12. The summed E-state index contributed by atoms with van der Waals surface area (Å²) in [5.74, 6) is 0.762. The first-order chi connectivity index (χ1) is 8.69. The van der Waals surface area contributed by atoms with Crippen LogP contribution >= 0.6 is 11.6 Å². The van der Waals surface area contributed by atoms with Crippen LogP contribution in [0.2, 0.25) is 5.02 Å². The summed E-state index contributed by atoms with van der Waals surface area (Å²) < 4.78 is 5.69. The minimum atomic E-state index is 0.442. The van der Waals surface area contributed by atoms with Crippen LogP contribution in [0.3, 0.4) is 0 Å². The van der Waals surface area contributed by atoms with Crippen molar-refractivity contribution in [2.45, 2.75) is 20.1 Å². The Hall–Kier alpha value is -1.51. The quantitative estimate of drug-likeness (QED) is 0.911. The molecular formula is C15H16ClNO. The van der Waals surface area contributed by atoms with Crippen LogP contribution in [0.1, 0.15) is 16.7 Å². The third kappa shape index (κ3) is 3.25. The molecule has 0 radical (unpaired) electrons. The monoisotopic (exact) mass is 261 g/mol. The minimum Gasteiger partial charge on any atom is -0.489 e. The molecule has 0 aliphatic carbocycles. The first kappa shape index (κ1) is 12.9. The third-order valence-electron chi connectivity index (χ3n) is 2.77. The molecule has 94 valence electrons. The van der Waals surface area contributed by atoms with Crippen molar-refractivity contribution in [2.24, 2.45) is 5.73 Å². The lowest BCUT2D eigenvalue weighted by Gasteiger charge is -2.08. The van der Waals surface area contributed by atoms with E-state index in [1.165, 1.54) is 5.56 Å². The summed E-state index contributed by atoms with van der Waals surface area (Å²) in [5.41, 5.74) is 8.87. The molecule has 2 aromatic carbocycles. The van der Waals surface area contributed by atoms with E-state index < -0.39 is 0 Å². The Morgan fingerprint density at radius 1 is 1.11 bits per heavy atom. The van der Waals surface area contributed by atoms with Crippen molar-refractivity contribution < 1.29 is 4.74 Å². The highest BCUT2D eigenvalue weighted by Crippen LogP contribution is 2.22. The van der Waals surface area contributed by atoms with E-state index in [0.29, 0.717) is 18.2 Å². The lowest BCUT2D eigenvalue weighted by molar-refractivity contribution is 0.306. The summed E-state index contributed by atoms with van der Waals surface area (Å²) in [7, 11) is 0. The van der Waals surface area contributed by atoms with Gasteiger partial charge in [-0.05, 0) is 30.2 Å². The lowest BCUT2D eigenvalue weighted by Crippen LogP contribution is -1.99. The fraction of sp³-hybridized carbons (Fsp3) is 0.200. The smallest absolute Gasteiger partial charge is 0.121 e. The SMILES string of the molecule is Cc1ccc(COc2ccc(CN)c(Cl)c2)cc1. The van der Waals surface area contributed by atoms with Crippen molar-refractivity contribution in [3.63, 3.8) is 0 Å². The van der Waals surface area contributed by atoms with Gasteiger partial charge in [0.05, 0.1) is 0 Å². The maximum atomic E-state index is 6.07. The molecule has 2 N–H and O–H groups in total. The number of halogens is 1. The van der Waals surface area contributed by atoms with Gasteiger partial charge in [0, 0.05) is 11.6 Å². The molecule has 0 fully saturated rings. The molecule has 3 heteroatoms. The van der Waals surface area contributed by atoms with Gasteiger partial charge >= 0.3 is 0 Å². The molecular weight excluding hydrogens is 246 g/mol. The molecule has 0 bridgehead atoms. The van der Waals surface area contributed by atoms with E-state index in [1.807, 2.05) is 12.1 Å². The highest BCUT2D eigenvalue weighted by atomic mass is 35.5. The predicted octanol–water partition coefficient (Wildman–Crippen LogP) is 3.69. The maximum absolute atomic E-state index is 6.07. The van der Waals surface area contributed by atoms with E-state index in [0.717, 1.165) is 16.9 Å².